The third kappa shape index (κ3) is 3.36. The molecule has 1 aliphatic rings. The van der Waals surface area contributed by atoms with Gasteiger partial charge in [0.1, 0.15) is 5.75 Å². The summed E-state index contributed by atoms with van der Waals surface area (Å²) in [5, 5.41) is 2.22. The zero-order valence-electron chi connectivity index (χ0n) is 11.6. The fourth-order valence-electron chi connectivity index (χ4n) is 2.53. The number of benzene rings is 2. The van der Waals surface area contributed by atoms with E-state index in [0.29, 0.717) is 12.3 Å². The van der Waals surface area contributed by atoms with E-state index < -0.39 is 0 Å². The van der Waals surface area contributed by atoms with Gasteiger partial charge in [-0.25, -0.2) is 0 Å². The van der Waals surface area contributed by atoms with Gasteiger partial charge in [-0.1, -0.05) is 28.1 Å². The molecule has 21 heavy (non-hydrogen) atoms. The van der Waals surface area contributed by atoms with Crippen molar-refractivity contribution in [2.24, 2.45) is 5.73 Å². The van der Waals surface area contributed by atoms with E-state index in [-0.39, 0.29) is 18.6 Å². The van der Waals surface area contributed by atoms with E-state index in [1.54, 1.807) is 4.90 Å². The van der Waals surface area contributed by atoms with Crippen molar-refractivity contribution in [1.82, 2.24) is 4.90 Å². The van der Waals surface area contributed by atoms with Crippen molar-refractivity contribution in [3.8, 4) is 5.75 Å². The van der Waals surface area contributed by atoms with Crippen LogP contribution in [0.4, 0.5) is 0 Å². The van der Waals surface area contributed by atoms with E-state index in [2.05, 4.69) is 22.0 Å². The summed E-state index contributed by atoms with van der Waals surface area (Å²) in [7, 11) is 0. The molecule has 110 valence electrons. The molecule has 0 aromatic heterocycles. The van der Waals surface area contributed by atoms with Crippen molar-refractivity contribution in [2.75, 3.05) is 19.7 Å². The molecule has 0 aliphatic carbocycles. The summed E-state index contributed by atoms with van der Waals surface area (Å²) >= 11 is 3.45. The average Bonchev–Trinajstić information content (AvgIpc) is 2.91. The minimum absolute atomic E-state index is 0.00106. The Labute approximate surface area is 132 Å². The molecular weight excluding hydrogens is 332 g/mol. The predicted molar refractivity (Wildman–Crippen MR) is 86.3 cm³/mol. The van der Waals surface area contributed by atoms with E-state index in [1.807, 2.05) is 30.3 Å². The zero-order chi connectivity index (χ0) is 14.8. The Morgan fingerprint density at radius 2 is 2.05 bits per heavy atom. The highest BCUT2D eigenvalue weighted by molar-refractivity contribution is 9.10. The number of amides is 1. The summed E-state index contributed by atoms with van der Waals surface area (Å²) in [4.78, 5) is 13.8. The Bertz CT molecular complexity index is 674. The normalized spacial score (nSPS) is 18.2. The molecule has 0 bridgehead atoms. The number of carbonyl (C=O) groups is 1. The van der Waals surface area contributed by atoms with Crippen LogP contribution < -0.4 is 10.5 Å². The third-order valence-corrected chi connectivity index (χ3v) is 4.21. The molecule has 0 saturated carbocycles. The number of carbonyl (C=O) groups excluding carboxylic acids is 1. The highest BCUT2D eigenvalue weighted by Gasteiger charge is 2.23. The average molecular weight is 349 g/mol. The van der Waals surface area contributed by atoms with Gasteiger partial charge >= 0.3 is 0 Å². The summed E-state index contributed by atoms with van der Waals surface area (Å²) in [6.45, 7) is 1.43. The maximum atomic E-state index is 12.0. The van der Waals surface area contributed by atoms with Crippen LogP contribution in [0.5, 0.6) is 5.75 Å². The van der Waals surface area contributed by atoms with E-state index in [1.165, 1.54) is 0 Å². The van der Waals surface area contributed by atoms with Crippen LogP contribution in [0.1, 0.15) is 6.42 Å². The molecule has 0 spiro atoms. The molecule has 2 aromatic carbocycles. The molecular formula is C16H17BrN2O2. The van der Waals surface area contributed by atoms with Crippen molar-refractivity contribution >= 4 is 32.6 Å². The number of likely N-dealkylation sites (tertiary alicyclic amines) is 1. The lowest BCUT2D eigenvalue weighted by Gasteiger charge is -2.16. The second-order valence-corrected chi connectivity index (χ2v) is 6.25. The maximum absolute atomic E-state index is 12.0. The van der Waals surface area contributed by atoms with Crippen molar-refractivity contribution < 1.29 is 9.53 Å². The van der Waals surface area contributed by atoms with Crippen LogP contribution in [0.25, 0.3) is 10.8 Å². The molecule has 3 rings (SSSR count). The number of nitrogens with zero attached hydrogens (tertiary/aromatic N) is 1. The van der Waals surface area contributed by atoms with Crippen LogP contribution in [0.15, 0.2) is 40.9 Å². The minimum Gasteiger partial charge on any atom is -0.484 e. The molecule has 1 amide bonds. The van der Waals surface area contributed by atoms with E-state index in [0.717, 1.165) is 28.2 Å². The SMILES string of the molecule is N[C@@H]1CCN(C(=O)COc2ccc3cc(Br)ccc3c2)C1. The summed E-state index contributed by atoms with van der Waals surface area (Å²) in [5.74, 6) is 0.709. The van der Waals surface area contributed by atoms with Crippen LogP contribution in [-0.4, -0.2) is 36.5 Å². The van der Waals surface area contributed by atoms with Crippen molar-refractivity contribution in [2.45, 2.75) is 12.5 Å². The summed E-state index contributed by atoms with van der Waals surface area (Å²) in [6, 6.07) is 12.0. The van der Waals surface area contributed by atoms with E-state index in [9.17, 15) is 4.79 Å². The number of halogens is 1. The van der Waals surface area contributed by atoms with Crippen LogP contribution in [0.2, 0.25) is 0 Å². The molecule has 5 heteroatoms. The highest BCUT2D eigenvalue weighted by Crippen LogP contribution is 2.24. The largest absolute Gasteiger partial charge is 0.484 e. The molecule has 0 unspecified atom stereocenters. The van der Waals surface area contributed by atoms with Gasteiger partial charge in [0, 0.05) is 23.6 Å². The second-order valence-electron chi connectivity index (χ2n) is 5.33. The topological polar surface area (TPSA) is 55.6 Å². The van der Waals surface area contributed by atoms with Gasteiger partial charge in [0.25, 0.3) is 5.91 Å². The minimum atomic E-state index is -0.00106. The fraction of sp³-hybridized carbons (Fsp3) is 0.312. The first kappa shape index (κ1) is 14.4. The molecule has 4 nitrogen and oxygen atoms in total. The third-order valence-electron chi connectivity index (χ3n) is 3.71. The number of rotatable bonds is 3. The lowest BCUT2D eigenvalue weighted by molar-refractivity contribution is -0.132. The lowest BCUT2D eigenvalue weighted by atomic mass is 10.1. The molecule has 2 aromatic rings. The van der Waals surface area contributed by atoms with Gasteiger partial charge in [-0.2, -0.15) is 0 Å². The Balaban J connectivity index is 1.65. The van der Waals surface area contributed by atoms with Crippen molar-refractivity contribution in [3.05, 3.63) is 40.9 Å². The van der Waals surface area contributed by atoms with Gasteiger partial charge < -0.3 is 15.4 Å². The number of fused-ring (bicyclic) bond motifs is 1. The van der Waals surface area contributed by atoms with Crippen molar-refractivity contribution in [3.63, 3.8) is 0 Å². The molecule has 1 atom stereocenters. The number of hydrogen-bond acceptors (Lipinski definition) is 3. The molecule has 1 heterocycles. The second kappa shape index (κ2) is 6.03. The maximum Gasteiger partial charge on any atom is 0.260 e. The van der Waals surface area contributed by atoms with Gasteiger partial charge in [-0.05, 0) is 41.5 Å². The molecule has 0 radical (unpaired) electrons. The molecule has 1 aliphatic heterocycles. The summed E-state index contributed by atoms with van der Waals surface area (Å²) in [5.41, 5.74) is 5.81. The summed E-state index contributed by atoms with van der Waals surface area (Å²) < 4.78 is 6.66. The highest BCUT2D eigenvalue weighted by atomic mass is 79.9. The fourth-order valence-corrected chi connectivity index (χ4v) is 2.91. The monoisotopic (exact) mass is 348 g/mol. The van der Waals surface area contributed by atoms with Crippen LogP contribution in [0, 0.1) is 0 Å². The zero-order valence-corrected chi connectivity index (χ0v) is 13.2. The van der Waals surface area contributed by atoms with Gasteiger partial charge in [-0.15, -0.1) is 0 Å². The predicted octanol–water partition coefficient (Wildman–Crippen LogP) is 2.54. The standard InChI is InChI=1S/C16H17BrN2O2/c17-13-3-1-12-8-15(4-2-11(12)7-13)21-10-16(20)19-6-5-14(18)9-19/h1-4,7-8,14H,5-6,9-10,18H2/t14-/m1/s1. The van der Waals surface area contributed by atoms with Crippen LogP contribution in [0.3, 0.4) is 0 Å². The van der Waals surface area contributed by atoms with Gasteiger partial charge in [0.05, 0.1) is 0 Å². The first-order valence-electron chi connectivity index (χ1n) is 6.97. The van der Waals surface area contributed by atoms with Gasteiger partial charge in [0.15, 0.2) is 6.61 Å². The lowest BCUT2D eigenvalue weighted by Crippen LogP contribution is -2.35. The van der Waals surface area contributed by atoms with E-state index >= 15 is 0 Å². The smallest absolute Gasteiger partial charge is 0.260 e. The molecule has 1 saturated heterocycles. The Kier molecular flexibility index (Phi) is 4.12. The number of nitrogens with two attached hydrogens (primary N) is 1. The van der Waals surface area contributed by atoms with Crippen molar-refractivity contribution in [1.29, 1.82) is 0 Å². The van der Waals surface area contributed by atoms with E-state index in [4.69, 9.17) is 10.5 Å². The first-order valence-corrected chi connectivity index (χ1v) is 7.76. The Morgan fingerprint density at radius 1 is 1.29 bits per heavy atom. The summed E-state index contributed by atoms with van der Waals surface area (Å²) in [6.07, 6.45) is 0.872. The van der Waals surface area contributed by atoms with Crippen LogP contribution >= 0.6 is 15.9 Å². The first-order chi connectivity index (χ1) is 10.1. The van der Waals surface area contributed by atoms with Gasteiger partial charge in [-0.3, -0.25) is 4.79 Å². The Hall–Kier alpha value is -1.59. The Morgan fingerprint density at radius 3 is 2.81 bits per heavy atom. The quantitative estimate of drug-likeness (QED) is 0.927. The van der Waals surface area contributed by atoms with Gasteiger partial charge in [0.2, 0.25) is 0 Å². The molecule has 2 N–H and O–H groups in total. The molecule has 1 fully saturated rings. The van der Waals surface area contributed by atoms with Crippen LogP contribution in [-0.2, 0) is 4.79 Å². The number of hydrogen-bond donors (Lipinski definition) is 1. The number of ether oxygens (including phenoxy) is 1.